The fourth-order valence-corrected chi connectivity index (χ4v) is 1.77. The van der Waals surface area contributed by atoms with Crippen LogP contribution in [0.1, 0.15) is 45.5 Å². The highest BCUT2D eigenvalue weighted by Gasteiger charge is 2.09. The Morgan fingerprint density at radius 2 is 1.65 bits per heavy atom. The highest BCUT2D eigenvalue weighted by molar-refractivity contribution is 5.57. The van der Waals surface area contributed by atoms with E-state index in [0.717, 1.165) is 49.0 Å². The topological polar surface area (TPSA) is 59.1 Å². The van der Waals surface area contributed by atoms with Crippen LogP contribution in [0.2, 0.25) is 0 Å². The number of nitrogens with one attached hydrogen (secondary N) is 2. The van der Waals surface area contributed by atoms with E-state index in [9.17, 15) is 0 Å². The van der Waals surface area contributed by atoms with Gasteiger partial charge in [-0.1, -0.05) is 13.8 Å². The molecule has 5 heteroatoms. The molecule has 0 bridgehead atoms. The largest absolute Gasteiger partial charge is 0.377 e. The van der Waals surface area contributed by atoms with Crippen LogP contribution in [0.25, 0.3) is 0 Å². The average molecular weight is 280 g/mol. The molecule has 0 saturated heterocycles. The van der Waals surface area contributed by atoms with E-state index in [1.54, 1.807) is 0 Å². The van der Waals surface area contributed by atoms with Crippen LogP contribution in [0.5, 0.6) is 0 Å². The van der Waals surface area contributed by atoms with E-state index < -0.39 is 0 Å². The summed E-state index contributed by atoms with van der Waals surface area (Å²) in [5, 5.41) is 6.71. The number of nitrogens with zero attached hydrogens (tertiary/aromatic N) is 2. The standard InChI is InChI=1S/C15H28N4O/c1-6-8-16-14-12(5)15(19-13(7-2)18-14)17-9-10-20-11(3)4/h11H,6-10H2,1-5H3,(H2,16,17,18,19). The Morgan fingerprint density at radius 3 is 2.15 bits per heavy atom. The molecule has 0 aliphatic rings. The fraction of sp³-hybridized carbons (Fsp3) is 0.733. The Labute approximate surface area is 122 Å². The molecule has 0 aliphatic heterocycles. The monoisotopic (exact) mass is 280 g/mol. The van der Waals surface area contributed by atoms with E-state index in [4.69, 9.17) is 4.74 Å². The molecule has 0 saturated carbocycles. The molecule has 0 aromatic carbocycles. The van der Waals surface area contributed by atoms with Crippen molar-refractivity contribution >= 4 is 11.6 Å². The number of ether oxygens (including phenoxy) is 1. The van der Waals surface area contributed by atoms with Crippen LogP contribution in [0.4, 0.5) is 11.6 Å². The molecule has 0 unspecified atom stereocenters. The van der Waals surface area contributed by atoms with Gasteiger partial charge in [-0.2, -0.15) is 0 Å². The lowest BCUT2D eigenvalue weighted by Gasteiger charge is -2.15. The highest BCUT2D eigenvalue weighted by Crippen LogP contribution is 2.20. The Balaban J connectivity index is 2.72. The van der Waals surface area contributed by atoms with Crippen molar-refractivity contribution in [3.05, 3.63) is 11.4 Å². The predicted molar refractivity (Wildman–Crippen MR) is 84.5 cm³/mol. The fourth-order valence-electron chi connectivity index (χ4n) is 1.77. The number of hydrogen-bond donors (Lipinski definition) is 2. The molecule has 1 aromatic heterocycles. The van der Waals surface area contributed by atoms with Gasteiger partial charge < -0.3 is 15.4 Å². The van der Waals surface area contributed by atoms with Gasteiger partial charge in [0.1, 0.15) is 17.5 Å². The maximum absolute atomic E-state index is 5.53. The molecule has 0 spiro atoms. The average Bonchev–Trinajstić information content (AvgIpc) is 2.43. The van der Waals surface area contributed by atoms with Gasteiger partial charge in [0, 0.05) is 25.1 Å². The molecular weight excluding hydrogens is 252 g/mol. The van der Waals surface area contributed by atoms with Gasteiger partial charge in [-0.25, -0.2) is 9.97 Å². The molecule has 0 atom stereocenters. The first-order chi connectivity index (χ1) is 9.58. The van der Waals surface area contributed by atoms with Gasteiger partial charge in [-0.05, 0) is 27.2 Å². The molecule has 0 amide bonds. The van der Waals surface area contributed by atoms with Crippen molar-refractivity contribution in [3.63, 3.8) is 0 Å². The first-order valence-corrected chi connectivity index (χ1v) is 7.55. The molecule has 0 fully saturated rings. The molecule has 20 heavy (non-hydrogen) atoms. The van der Waals surface area contributed by atoms with E-state index >= 15 is 0 Å². The Kier molecular flexibility index (Phi) is 7.30. The van der Waals surface area contributed by atoms with Gasteiger partial charge in [-0.3, -0.25) is 0 Å². The van der Waals surface area contributed by atoms with Crippen molar-refractivity contribution in [2.75, 3.05) is 30.3 Å². The summed E-state index contributed by atoms with van der Waals surface area (Å²) in [6, 6.07) is 0. The minimum absolute atomic E-state index is 0.260. The van der Waals surface area contributed by atoms with Crippen molar-refractivity contribution < 1.29 is 4.74 Å². The zero-order valence-corrected chi connectivity index (χ0v) is 13.4. The van der Waals surface area contributed by atoms with Gasteiger partial charge in [-0.15, -0.1) is 0 Å². The summed E-state index contributed by atoms with van der Waals surface area (Å²) in [6.07, 6.45) is 2.17. The third kappa shape index (κ3) is 5.33. The number of aryl methyl sites for hydroxylation is 1. The first-order valence-electron chi connectivity index (χ1n) is 7.55. The van der Waals surface area contributed by atoms with E-state index in [2.05, 4.69) is 34.4 Å². The maximum atomic E-state index is 5.53. The van der Waals surface area contributed by atoms with Crippen LogP contribution in [0.3, 0.4) is 0 Å². The van der Waals surface area contributed by atoms with Gasteiger partial charge in [0.25, 0.3) is 0 Å². The summed E-state index contributed by atoms with van der Waals surface area (Å²) in [5.74, 6) is 2.70. The smallest absolute Gasteiger partial charge is 0.134 e. The lowest BCUT2D eigenvalue weighted by atomic mass is 10.2. The first kappa shape index (κ1) is 16.7. The molecule has 1 heterocycles. The summed E-state index contributed by atoms with van der Waals surface area (Å²) in [5.41, 5.74) is 1.07. The van der Waals surface area contributed by atoms with E-state index in [1.165, 1.54) is 0 Å². The molecule has 5 nitrogen and oxygen atoms in total. The van der Waals surface area contributed by atoms with Crippen molar-refractivity contribution in [2.45, 2.75) is 53.6 Å². The van der Waals surface area contributed by atoms with Crippen LogP contribution < -0.4 is 10.6 Å². The van der Waals surface area contributed by atoms with Gasteiger partial charge >= 0.3 is 0 Å². The Bertz CT molecular complexity index is 407. The minimum Gasteiger partial charge on any atom is -0.377 e. The maximum Gasteiger partial charge on any atom is 0.134 e. The summed E-state index contributed by atoms with van der Waals surface area (Å²) in [6.45, 7) is 12.7. The zero-order chi connectivity index (χ0) is 15.0. The lowest BCUT2D eigenvalue weighted by molar-refractivity contribution is 0.0870. The van der Waals surface area contributed by atoms with Crippen molar-refractivity contribution in [1.29, 1.82) is 0 Å². The second-order valence-corrected chi connectivity index (χ2v) is 5.09. The molecule has 0 radical (unpaired) electrons. The van der Waals surface area contributed by atoms with Crippen LogP contribution in [-0.4, -0.2) is 35.8 Å². The molecule has 1 aromatic rings. The highest BCUT2D eigenvalue weighted by atomic mass is 16.5. The summed E-state index contributed by atoms with van der Waals surface area (Å²) < 4.78 is 5.53. The number of aromatic nitrogens is 2. The second-order valence-electron chi connectivity index (χ2n) is 5.09. The van der Waals surface area contributed by atoms with Crippen LogP contribution >= 0.6 is 0 Å². The number of anilines is 2. The Hall–Kier alpha value is -1.36. The molecule has 2 N–H and O–H groups in total. The van der Waals surface area contributed by atoms with Gasteiger partial charge in [0.2, 0.25) is 0 Å². The number of hydrogen-bond acceptors (Lipinski definition) is 5. The lowest BCUT2D eigenvalue weighted by Crippen LogP contribution is -2.16. The van der Waals surface area contributed by atoms with Crippen LogP contribution in [-0.2, 0) is 11.2 Å². The third-order valence-electron chi connectivity index (χ3n) is 2.90. The summed E-state index contributed by atoms with van der Waals surface area (Å²) >= 11 is 0. The molecule has 0 aliphatic carbocycles. The van der Waals surface area contributed by atoms with Gasteiger partial charge in [0.05, 0.1) is 12.7 Å². The minimum atomic E-state index is 0.260. The second kappa shape index (κ2) is 8.74. The predicted octanol–water partition coefficient (Wildman–Crippen LogP) is 3.01. The van der Waals surface area contributed by atoms with Gasteiger partial charge in [0.15, 0.2) is 0 Å². The van der Waals surface area contributed by atoms with Crippen LogP contribution in [0.15, 0.2) is 0 Å². The molecular formula is C15H28N4O. The quantitative estimate of drug-likeness (QED) is 0.681. The number of rotatable bonds is 9. The zero-order valence-electron chi connectivity index (χ0n) is 13.4. The Morgan fingerprint density at radius 1 is 1.05 bits per heavy atom. The molecule has 1 rings (SSSR count). The summed E-state index contributed by atoms with van der Waals surface area (Å²) in [7, 11) is 0. The normalized spacial score (nSPS) is 10.9. The van der Waals surface area contributed by atoms with Crippen LogP contribution in [0, 0.1) is 6.92 Å². The SMILES string of the molecule is CCCNc1nc(CC)nc(NCCOC(C)C)c1C. The van der Waals surface area contributed by atoms with Crippen molar-refractivity contribution in [3.8, 4) is 0 Å². The molecule has 114 valence electrons. The van der Waals surface area contributed by atoms with Crippen molar-refractivity contribution in [2.24, 2.45) is 0 Å². The van der Waals surface area contributed by atoms with E-state index in [0.29, 0.717) is 6.61 Å². The third-order valence-corrected chi connectivity index (χ3v) is 2.90. The van der Waals surface area contributed by atoms with Crippen molar-refractivity contribution in [1.82, 2.24) is 9.97 Å². The summed E-state index contributed by atoms with van der Waals surface area (Å²) in [4.78, 5) is 9.11. The van der Waals surface area contributed by atoms with E-state index in [-0.39, 0.29) is 6.10 Å². The van der Waals surface area contributed by atoms with E-state index in [1.807, 2.05) is 20.8 Å².